The lowest BCUT2D eigenvalue weighted by Gasteiger charge is -2.09. The number of nitrogens with two attached hydrogens (primary N) is 1. The largest absolute Gasteiger partial charge is 0.462 e. The summed E-state index contributed by atoms with van der Waals surface area (Å²) in [6.07, 6.45) is 1.58. The summed E-state index contributed by atoms with van der Waals surface area (Å²) in [5.74, 6) is 0.348. The van der Waals surface area contributed by atoms with Gasteiger partial charge in [0.1, 0.15) is 5.03 Å². The number of aryl methyl sites for hydroxylation is 1. The van der Waals surface area contributed by atoms with Gasteiger partial charge in [0.2, 0.25) is 0 Å². The van der Waals surface area contributed by atoms with Gasteiger partial charge in [0.15, 0.2) is 0 Å². The second-order valence-electron chi connectivity index (χ2n) is 4.58. The Morgan fingerprint density at radius 3 is 2.90 bits per heavy atom. The van der Waals surface area contributed by atoms with Crippen molar-refractivity contribution in [3.63, 3.8) is 0 Å². The van der Waals surface area contributed by atoms with Crippen molar-refractivity contribution in [3.8, 4) is 0 Å². The van der Waals surface area contributed by atoms with Crippen LogP contribution in [0.25, 0.3) is 0 Å². The van der Waals surface area contributed by atoms with Gasteiger partial charge < -0.3 is 10.5 Å². The number of rotatable bonds is 5. The molecule has 1 aromatic carbocycles. The lowest BCUT2D eigenvalue weighted by atomic mass is 10.2. The van der Waals surface area contributed by atoms with Crippen molar-refractivity contribution in [2.75, 3.05) is 12.3 Å². The Hall–Kier alpha value is -2.01. The number of esters is 1. The molecule has 110 valence electrons. The molecule has 0 aliphatic rings. The minimum Gasteiger partial charge on any atom is -0.462 e. The number of ether oxygens (including phenoxy) is 1. The molecule has 0 spiro atoms. The number of hydrogen-bond acceptors (Lipinski definition) is 5. The predicted octanol–water partition coefficient (Wildman–Crippen LogP) is 3.44. The van der Waals surface area contributed by atoms with E-state index in [0.717, 1.165) is 5.75 Å². The first-order chi connectivity index (χ1) is 10.1. The Morgan fingerprint density at radius 1 is 1.38 bits per heavy atom. The lowest BCUT2D eigenvalue weighted by molar-refractivity contribution is 0.0527. The Kier molecular flexibility index (Phi) is 5.22. The van der Waals surface area contributed by atoms with E-state index in [4.69, 9.17) is 10.5 Å². The molecule has 0 saturated carbocycles. The van der Waals surface area contributed by atoms with Crippen molar-refractivity contribution in [1.82, 2.24) is 4.98 Å². The molecule has 5 heteroatoms. The van der Waals surface area contributed by atoms with Crippen LogP contribution in [0.5, 0.6) is 0 Å². The normalized spacial score (nSPS) is 10.4. The highest BCUT2D eigenvalue weighted by Crippen LogP contribution is 2.28. The molecule has 1 heterocycles. The van der Waals surface area contributed by atoms with Crippen molar-refractivity contribution >= 4 is 23.4 Å². The van der Waals surface area contributed by atoms with E-state index in [2.05, 4.69) is 30.1 Å². The van der Waals surface area contributed by atoms with Gasteiger partial charge in [0.05, 0.1) is 17.9 Å². The van der Waals surface area contributed by atoms with Gasteiger partial charge in [-0.2, -0.15) is 0 Å². The summed E-state index contributed by atoms with van der Waals surface area (Å²) in [5, 5.41) is 0.655. The standard InChI is InChI=1S/C16H18N2O2S/c1-3-20-16(19)13-7-8-18-15(14(13)17)21-10-12-6-4-5-11(2)9-12/h4-9H,3,10,17H2,1-2H3. The third-order valence-corrected chi connectivity index (χ3v) is 3.98. The Labute approximate surface area is 128 Å². The van der Waals surface area contributed by atoms with E-state index >= 15 is 0 Å². The van der Waals surface area contributed by atoms with Crippen molar-refractivity contribution in [1.29, 1.82) is 0 Å². The Balaban J connectivity index is 2.13. The zero-order valence-electron chi connectivity index (χ0n) is 12.1. The Morgan fingerprint density at radius 2 is 2.19 bits per heavy atom. The number of aromatic nitrogens is 1. The maximum atomic E-state index is 11.8. The molecule has 1 aromatic heterocycles. The molecule has 4 nitrogen and oxygen atoms in total. The summed E-state index contributed by atoms with van der Waals surface area (Å²) in [6.45, 7) is 4.15. The fraction of sp³-hybridized carbons (Fsp3) is 0.250. The zero-order chi connectivity index (χ0) is 15.2. The van der Waals surface area contributed by atoms with E-state index in [1.807, 2.05) is 6.07 Å². The van der Waals surface area contributed by atoms with E-state index in [9.17, 15) is 4.79 Å². The first-order valence-electron chi connectivity index (χ1n) is 6.71. The average Bonchev–Trinajstić information content (AvgIpc) is 2.46. The van der Waals surface area contributed by atoms with Crippen molar-refractivity contribution < 1.29 is 9.53 Å². The molecule has 21 heavy (non-hydrogen) atoms. The highest BCUT2D eigenvalue weighted by atomic mass is 32.2. The van der Waals surface area contributed by atoms with Gasteiger partial charge in [-0.05, 0) is 25.5 Å². The van der Waals surface area contributed by atoms with Crippen LogP contribution in [-0.4, -0.2) is 17.6 Å². The van der Waals surface area contributed by atoms with Gasteiger partial charge in [0.25, 0.3) is 0 Å². The van der Waals surface area contributed by atoms with E-state index in [1.54, 1.807) is 19.2 Å². The minimum absolute atomic E-state index is 0.326. The number of pyridine rings is 1. The maximum absolute atomic E-state index is 11.8. The number of benzene rings is 1. The quantitative estimate of drug-likeness (QED) is 0.677. The second-order valence-corrected chi connectivity index (χ2v) is 5.54. The molecular formula is C16H18N2O2S. The number of thioether (sulfide) groups is 1. The molecule has 0 amide bonds. The maximum Gasteiger partial charge on any atom is 0.340 e. The fourth-order valence-corrected chi connectivity index (χ4v) is 2.79. The van der Waals surface area contributed by atoms with Crippen molar-refractivity contribution in [2.24, 2.45) is 0 Å². The third-order valence-electron chi connectivity index (χ3n) is 2.91. The second kappa shape index (κ2) is 7.13. The molecule has 0 aliphatic carbocycles. The van der Waals surface area contributed by atoms with Crippen LogP contribution < -0.4 is 5.73 Å². The van der Waals surface area contributed by atoms with E-state index in [0.29, 0.717) is 22.9 Å². The summed E-state index contributed by atoms with van der Waals surface area (Å²) in [4.78, 5) is 16.0. The molecule has 0 fully saturated rings. The van der Waals surface area contributed by atoms with Crippen LogP contribution in [0.4, 0.5) is 5.69 Å². The molecule has 0 saturated heterocycles. The van der Waals surface area contributed by atoms with Crippen LogP contribution in [0, 0.1) is 6.92 Å². The number of carbonyl (C=O) groups is 1. The number of nitrogens with zero attached hydrogens (tertiary/aromatic N) is 1. The lowest BCUT2D eigenvalue weighted by Crippen LogP contribution is -2.09. The summed E-state index contributed by atoms with van der Waals surface area (Å²) in [5.41, 5.74) is 9.19. The molecule has 2 rings (SSSR count). The van der Waals surface area contributed by atoms with Crippen LogP contribution >= 0.6 is 11.8 Å². The van der Waals surface area contributed by atoms with Crippen LogP contribution in [-0.2, 0) is 10.5 Å². The van der Waals surface area contributed by atoms with Crippen LogP contribution in [0.15, 0.2) is 41.6 Å². The number of hydrogen-bond donors (Lipinski definition) is 1. The topological polar surface area (TPSA) is 65.2 Å². The van der Waals surface area contributed by atoms with Gasteiger partial charge in [0, 0.05) is 11.9 Å². The monoisotopic (exact) mass is 302 g/mol. The number of carbonyl (C=O) groups excluding carboxylic acids is 1. The molecule has 0 aliphatic heterocycles. The number of nitrogen functional groups attached to an aromatic ring is 1. The molecule has 0 atom stereocenters. The molecule has 0 radical (unpaired) electrons. The zero-order valence-corrected chi connectivity index (χ0v) is 12.9. The molecule has 2 N–H and O–H groups in total. The van der Waals surface area contributed by atoms with Gasteiger partial charge in [-0.15, -0.1) is 0 Å². The SMILES string of the molecule is CCOC(=O)c1ccnc(SCc2cccc(C)c2)c1N. The van der Waals surface area contributed by atoms with E-state index in [1.165, 1.54) is 22.9 Å². The Bertz CT molecular complexity index is 644. The van der Waals surface area contributed by atoms with Gasteiger partial charge in [-0.25, -0.2) is 9.78 Å². The highest BCUT2D eigenvalue weighted by Gasteiger charge is 2.14. The fourth-order valence-electron chi connectivity index (χ4n) is 1.91. The minimum atomic E-state index is -0.408. The average molecular weight is 302 g/mol. The smallest absolute Gasteiger partial charge is 0.340 e. The molecule has 0 bridgehead atoms. The first-order valence-corrected chi connectivity index (χ1v) is 7.70. The van der Waals surface area contributed by atoms with Gasteiger partial charge in [-0.3, -0.25) is 0 Å². The van der Waals surface area contributed by atoms with Gasteiger partial charge >= 0.3 is 5.97 Å². The van der Waals surface area contributed by atoms with Crippen LogP contribution in [0.2, 0.25) is 0 Å². The molecular weight excluding hydrogens is 284 g/mol. The van der Waals surface area contributed by atoms with Crippen molar-refractivity contribution in [3.05, 3.63) is 53.2 Å². The highest BCUT2D eigenvalue weighted by molar-refractivity contribution is 7.98. The van der Waals surface area contributed by atoms with Gasteiger partial charge in [-0.1, -0.05) is 41.6 Å². The van der Waals surface area contributed by atoms with Crippen LogP contribution in [0.3, 0.4) is 0 Å². The summed E-state index contributed by atoms with van der Waals surface area (Å²) in [6, 6.07) is 9.85. The summed E-state index contributed by atoms with van der Waals surface area (Å²) >= 11 is 1.51. The van der Waals surface area contributed by atoms with E-state index in [-0.39, 0.29) is 0 Å². The van der Waals surface area contributed by atoms with Crippen LogP contribution in [0.1, 0.15) is 28.4 Å². The molecule has 0 unspecified atom stereocenters. The van der Waals surface area contributed by atoms with E-state index < -0.39 is 5.97 Å². The third kappa shape index (κ3) is 3.98. The first kappa shape index (κ1) is 15.4. The summed E-state index contributed by atoms with van der Waals surface area (Å²) in [7, 11) is 0. The molecule has 2 aromatic rings. The number of anilines is 1. The summed E-state index contributed by atoms with van der Waals surface area (Å²) < 4.78 is 4.99. The predicted molar refractivity (Wildman–Crippen MR) is 85.3 cm³/mol. The van der Waals surface area contributed by atoms with Crippen molar-refractivity contribution in [2.45, 2.75) is 24.6 Å².